The Morgan fingerprint density at radius 2 is 1.88 bits per heavy atom. The fraction of sp³-hybridized carbons (Fsp3) is 0.800. The smallest absolute Gasteiger partial charge is 0.246 e. The van der Waals surface area contributed by atoms with Gasteiger partial charge in [0.2, 0.25) is 5.91 Å². The van der Waals surface area contributed by atoms with Crippen molar-refractivity contribution in [3.63, 3.8) is 0 Å². The molecule has 0 spiro atoms. The fourth-order valence-corrected chi connectivity index (χ4v) is 1.85. The van der Waals surface area contributed by atoms with E-state index in [1.54, 1.807) is 6.92 Å². The predicted octanol–water partition coefficient (Wildman–Crippen LogP) is 3.92. The molecule has 0 fully saturated rings. The molecule has 1 N–H and O–H groups in total. The summed E-state index contributed by atoms with van der Waals surface area (Å²) < 4.78 is 0. The topological polar surface area (TPSA) is 29.1 Å². The van der Waals surface area contributed by atoms with Gasteiger partial charge in [-0.3, -0.25) is 4.79 Å². The first kappa shape index (κ1) is 16.2. The summed E-state index contributed by atoms with van der Waals surface area (Å²) in [6.45, 7) is 15.1. The lowest BCUT2D eigenvalue weighted by molar-refractivity contribution is -0.117. The Morgan fingerprint density at radius 1 is 1.29 bits per heavy atom. The van der Waals surface area contributed by atoms with Gasteiger partial charge in [0.05, 0.1) is 0 Å². The number of rotatable bonds is 7. The van der Waals surface area contributed by atoms with Crippen LogP contribution in [0.5, 0.6) is 0 Å². The molecule has 0 aromatic carbocycles. The molecule has 1 amide bonds. The maximum absolute atomic E-state index is 11.5. The zero-order valence-electron chi connectivity index (χ0n) is 12.2. The van der Waals surface area contributed by atoms with Gasteiger partial charge in [0, 0.05) is 12.1 Å². The number of amides is 1. The summed E-state index contributed by atoms with van der Waals surface area (Å²) in [5, 5.41) is 2.98. The summed E-state index contributed by atoms with van der Waals surface area (Å²) >= 11 is 0. The Morgan fingerprint density at radius 3 is 2.29 bits per heavy atom. The van der Waals surface area contributed by atoms with Crippen molar-refractivity contribution in [3.8, 4) is 0 Å². The predicted molar refractivity (Wildman–Crippen MR) is 74.9 cm³/mol. The van der Waals surface area contributed by atoms with Crippen molar-refractivity contribution in [1.82, 2.24) is 5.32 Å². The van der Waals surface area contributed by atoms with Crippen LogP contribution in [0, 0.1) is 11.3 Å². The van der Waals surface area contributed by atoms with E-state index in [4.69, 9.17) is 0 Å². The zero-order valence-corrected chi connectivity index (χ0v) is 12.2. The van der Waals surface area contributed by atoms with Gasteiger partial charge in [-0.25, -0.2) is 0 Å². The second-order valence-electron chi connectivity index (χ2n) is 6.05. The molecule has 0 heterocycles. The minimum absolute atomic E-state index is 0.0188. The molecule has 0 bridgehead atoms. The van der Waals surface area contributed by atoms with Crippen LogP contribution >= 0.6 is 0 Å². The van der Waals surface area contributed by atoms with Gasteiger partial charge in [-0.15, -0.1) is 0 Å². The maximum Gasteiger partial charge on any atom is 0.246 e. The second kappa shape index (κ2) is 7.52. The highest BCUT2D eigenvalue weighted by Gasteiger charge is 2.24. The molecule has 17 heavy (non-hydrogen) atoms. The molecule has 0 aliphatic heterocycles. The largest absolute Gasteiger partial charge is 0.352 e. The van der Waals surface area contributed by atoms with Crippen molar-refractivity contribution in [1.29, 1.82) is 0 Å². The van der Waals surface area contributed by atoms with E-state index in [-0.39, 0.29) is 11.3 Å². The van der Waals surface area contributed by atoms with Crippen molar-refractivity contribution < 1.29 is 4.79 Å². The Labute approximate surface area is 107 Å². The molecule has 1 atom stereocenters. The second-order valence-corrected chi connectivity index (χ2v) is 6.05. The average molecular weight is 239 g/mol. The number of carbonyl (C=O) groups is 1. The standard InChI is InChI=1S/C15H29NO/c1-7-8-9-10-13(15(4,5)6)11-16-14(17)12(2)3/h13H,2,7-11H2,1,3-6H3,(H,16,17). The molecule has 100 valence electrons. The van der Waals surface area contributed by atoms with Crippen LogP contribution in [0.15, 0.2) is 12.2 Å². The highest BCUT2D eigenvalue weighted by molar-refractivity contribution is 5.92. The first-order chi connectivity index (χ1) is 7.79. The average Bonchev–Trinajstić information content (AvgIpc) is 2.20. The summed E-state index contributed by atoms with van der Waals surface area (Å²) in [7, 11) is 0. The van der Waals surface area contributed by atoms with Crippen molar-refractivity contribution in [3.05, 3.63) is 12.2 Å². The molecule has 2 heteroatoms. The van der Waals surface area contributed by atoms with Gasteiger partial charge in [0.1, 0.15) is 0 Å². The van der Waals surface area contributed by atoms with Crippen molar-refractivity contribution >= 4 is 5.91 Å². The number of hydrogen-bond donors (Lipinski definition) is 1. The molecule has 2 nitrogen and oxygen atoms in total. The molecule has 0 saturated heterocycles. The van der Waals surface area contributed by atoms with Gasteiger partial charge in [0.15, 0.2) is 0 Å². The van der Waals surface area contributed by atoms with Crippen LogP contribution < -0.4 is 5.32 Å². The van der Waals surface area contributed by atoms with Crippen molar-refractivity contribution in [2.75, 3.05) is 6.54 Å². The molecular formula is C15H29NO. The molecule has 0 radical (unpaired) electrons. The first-order valence-corrected chi connectivity index (χ1v) is 6.72. The van der Waals surface area contributed by atoms with Crippen LogP contribution in [0.25, 0.3) is 0 Å². The van der Waals surface area contributed by atoms with Gasteiger partial charge in [-0.2, -0.15) is 0 Å². The van der Waals surface area contributed by atoms with Gasteiger partial charge in [-0.05, 0) is 24.7 Å². The van der Waals surface area contributed by atoms with E-state index in [1.165, 1.54) is 25.7 Å². The molecule has 0 aliphatic carbocycles. The van der Waals surface area contributed by atoms with Crippen LogP contribution in [0.4, 0.5) is 0 Å². The highest BCUT2D eigenvalue weighted by atomic mass is 16.1. The van der Waals surface area contributed by atoms with E-state index in [9.17, 15) is 4.79 Å². The molecule has 0 aliphatic rings. The van der Waals surface area contributed by atoms with E-state index >= 15 is 0 Å². The molecular weight excluding hydrogens is 210 g/mol. The van der Waals surface area contributed by atoms with Gasteiger partial charge in [-0.1, -0.05) is 53.5 Å². The van der Waals surface area contributed by atoms with E-state index in [2.05, 4.69) is 39.6 Å². The summed E-state index contributed by atoms with van der Waals surface area (Å²) in [5.41, 5.74) is 0.835. The Hall–Kier alpha value is -0.790. The third kappa shape index (κ3) is 7.19. The lowest BCUT2D eigenvalue weighted by atomic mass is 9.77. The normalized spacial score (nSPS) is 13.2. The Kier molecular flexibility index (Phi) is 7.17. The molecule has 1 unspecified atom stereocenters. The maximum atomic E-state index is 11.5. The van der Waals surface area contributed by atoms with Crippen LogP contribution in [0.2, 0.25) is 0 Å². The quantitative estimate of drug-likeness (QED) is 0.529. The van der Waals surface area contributed by atoms with Gasteiger partial charge in [0.25, 0.3) is 0 Å². The monoisotopic (exact) mass is 239 g/mol. The Bertz CT molecular complexity index is 250. The first-order valence-electron chi connectivity index (χ1n) is 6.72. The number of hydrogen-bond acceptors (Lipinski definition) is 1. The number of unbranched alkanes of at least 4 members (excludes halogenated alkanes) is 2. The van der Waals surface area contributed by atoms with Gasteiger partial charge >= 0.3 is 0 Å². The molecule has 0 aromatic heterocycles. The summed E-state index contributed by atoms with van der Waals surface area (Å²) in [4.78, 5) is 11.5. The van der Waals surface area contributed by atoms with Crippen LogP contribution in [-0.4, -0.2) is 12.5 Å². The summed E-state index contributed by atoms with van der Waals surface area (Å²) in [5.74, 6) is 0.520. The van der Waals surface area contributed by atoms with Crippen molar-refractivity contribution in [2.45, 2.75) is 60.3 Å². The Balaban J connectivity index is 4.21. The number of nitrogens with one attached hydrogen (secondary N) is 1. The SMILES string of the molecule is C=C(C)C(=O)NCC(CCCCC)C(C)(C)C. The third-order valence-corrected chi connectivity index (χ3v) is 3.28. The minimum atomic E-state index is -0.0188. The lowest BCUT2D eigenvalue weighted by Crippen LogP contribution is -2.35. The third-order valence-electron chi connectivity index (χ3n) is 3.28. The van der Waals surface area contributed by atoms with Gasteiger partial charge < -0.3 is 5.32 Å². The fourth-order valence-electron chi connectivity index (χ4n) is 1.85. The van der Waals surface area contributed by atoms with Crippen molar-refractivity contribution in [2.24, 2.45) is 11.3 Å². The molecule has 0 aromatic rings. The summed E-state index contributed by atoms with van der Waals surface area (Å²) in [6.07, 6.45) is 4.96. The van der Waals surface area contributed by atoms with E-state index in [0.717, 1.165) is 6.54 Å². The minimum Gasteiger partial charge on any atom is -0.352 e. The molecule has 0 saturated carbocycles. The highest BCUT2D eigenvalue weighted by Crippen LogP contribution is 2.29. The van der Waals surface area contributed by atoms with Crippen LogP contribution in [0.1, 0.15) is 60.3 Å². The lowest BCUT2D eigenvalue weighted by Gasteiger charge is -2.31. The number of carbonyl (C=O) groups excluding carboxylic acids is 1. The van der Waals surface area contributed by atoms with E-state index in [1.807, 2.05) is 0 Å². The molecule has 0 rings (SSSR count). The van der Waals surface area contributed by atoms with Crippen LogP contribution in [-0.2, 0) is 4.79 Å². The summed E-state index contributed by atoms with van der Waals surface area (Å²) in [6, 6.07) is 0. The van der Waals surface area contributed by atoms with E-state index in [0.29, 0.717) is 11.5 Å². The van der Waals surface area contributed by atoms with Crippen LogP contribution in [0.3, 0.4) is 0 Å². The zero-order chi connectivity index (χ0) is 13.5. The van der Waals surface area contributed by atoms with E-state index < -0.39 is 0 Å².